The second kappa shape index (κ2) is 4.60. The van der Waals surface area contributed by atoms with Crippen LogP contribution < -0.4 is 5.73 Å². The smallest absolute Gasteiger partial charge is 0.264 e. The Hall–Kier alpha value is -2.34. The van der Waals surface area contributed by atoms with E-state index in [0.29, 0.717) is 27.7 Å². The lowest BCUT2D eigenvalue weighted by molar-refractivity contribution is 0.0639. The van der Waals surface area contributed by atoms with Gasteiger partial charge in [0, 0.05) is 12.7 Å². The molecular formula is C14H13ClN4O2. The van der Waals surface area contributed by atoms with Crippen molar-refractivity contribution in [2.24, 2.45) is 7.05 Å². The Kier molecular flexibility index (Phi) is 2.98. The number of benzene rings is 1. The molecule has 0 spiro atoms. The summed E-state index contributed by atoms with van der Waals surface area (Å²) in [7, 11) is 1.72. The number of nitrogen functional groups attached to an aromatic ring is 1. The normalized spacial score (nSPS) is 14.0. The van der Waals surface area contributed by atoms with Crippen LogP contribution in [0.4, 0.5) is 5.69 Å². The molecule has 1 aliphatic heterocycles. The third-order valence-electron chi connectivity index (χ3n) is 3.60. The first-order valence-electron chi connectivity index (χ1n) is 6.34. The summed E-state index contributed by atoms with van der Waals surface area (Å²) in [6.45, 7) is 1.84. The largest absolute Gasteiger partial charge is 0.398 e. The van der Waals surface area contributed by atoms with Crippen molar-refractivity contribution in [2.45, 2.75) is 13.5 Å². The van der Waals surface area contributed by atoms with Gasteiger partial charge in [0.2, 0.25) is 0 Å². The second-order valence-corrected chi connectivity index (χ2v) is 5.31. The van der Waals surface area contributed by atoms with Gasteiger partial charge >= 0.3 is 0 Å². The summed E-state index contributed by atoms with van der Waals surface area (Å²) in [6, 6.07) is 4.86. The van der Waals surface area contributed by atoms with Gasteiger partial charge in [0.1, 0.15) is 0 Å². The highest BCUT2D eigenvalue weighted by molar-refractivity contribution is 6.32. The molecule has 0 saturated carbocycles. The molecule has 3 rings (SSSR count). The fourth-order valence-corrected chi connectivity index (χ4v) is 2.72. The summed E-state index contributed by atoms with van der Waals surface area (Å²) in [4.78, 5) is 25.9. The van der Waals surface area contributed by atoms with Crippen LogP contribution in [0.15, 0.2) is 18.2 Å². The number of anilines is 1. The molecule has 2 heterocycles. The molecule has 2 amide bonds. The number of halogens is 1. The van der Waals surface area contributed by atoms with Crippen molar-refractivity contribution < 1.29 is 9.59 Å². The van der Waals surface area contributed by atoms with Crippen molar-refractivity contribution in [2.75, 3.05) is 5.73 Å². The van der Waals surface area contributed by atoms with Gasteiger partial charge in [-0.05, 0) is 19.1 Å². The summed E-state index contributed by atoms with van der Waals surface area (Å²) >= 11 is 6.17. The highest BCUT2D eigenvalue weighted by Gasteiger charge is 2.37. The molecule has 0 unspecified atom stereocenters. The van der Waals surface area contributed by atoms with E-state index >= 15 is 0 Å². The van der Waals surface area contributed by atoms with Crippen LogP contribution in [-0.2, 0) is 13.6 Å². The number of carbonyl (C=O) groups excluding carboxylic acids is 2. The summed E-state index contributed by atoms with van der Waals surface area (Å²) in [6.07, 6.45) is 0. The molecular weight excluding hydrogens is 292 g/mol. The van der Waals surface area contributed by atoms with E-state index in [0.717, 1.165) is 4.90 Å². The maximum Gasteiger partial charge on any atom is 0.264 e. The Labute approximate surface area is 126 Å². The van der Waals surface area contributed by atoms with Crippen molar-refractivity contribution in [3.05, 3.63) is 45.7 Å². The van der Waals surface area contributed by atoms with E-state index in [2.05, 4.69) is 5.10 Å². The molecule has 0 fully saturated rings. The van der Waals surface area contributed by atoms with Gasteiger partial charge in [0.25, 0.3) is 11.8 Å². The Balaban J connectivity index is 2.01. The van der Waals surface area contributed by atoms with Crippen molar-refractivity contribution >= 4 is 29.1 Å². The molecule has 0 aliphatic carbocycles. The van der Waals surface area contributed by atoms with Gasteiger partial charge in [0.15, 0.2) is 0 Å². The number of imide groups is 1. The first-order chi connectivity index (χ1) is 9.91. The van der Waals surface area contributed by atoms with Gasteiger partial charge in [0.05, 0.1) is 34.1 Å². The maximum absolute atomic E-state index is 12.4. The minimum atomic E-state index is -0.400. The highest BCUT2D eigenvalue weighted by Crippen LogP contribution is 2.30. The van der Waals surface area contributed by atoms with E-state index in [1.165, 1.54) is 0 Å². The number of nitrogens with zero attached hydrogens (tertiary/aromatic N) is 3. The maximum atomic E-state index is 12.4. The molecule has 0 radical (unpaired) electrons. The van der Waals surface area contributed by atoms with E-state index in [-0.39, 0.29) is 18.0 Å². The Morgan fingerprint density at radius 1 is 1.29 bits per heavy atom. The van der Waals surface area contributed by atoms with Gasteiger partial charge in [-0.25, -0.2) is 0 Å². The quantitative estimate of drug-likeness (QED) is 0.677. The molecule has 0 bridgehead atoms. The number of rotatable bonds is 2. The van der Waals surface area contributed by atoms with E-state index in [9.17, 15) is 9.59 Å². The predicted octanol–water partition coefficient (Wildman–Crippen LogP) is 1.76. The second-order valence-electron chi connectivity index (χ2n) is 4.94. The number of fused-ring (bicyclic) bond motifs is 1. The highest BCUT2D eigenvalue weighted by atomic mass is 35.5. The number of aromatic nitrogens is 2. The van der Waals surface area contributed by atoms with Crippen molar-refractivity contribution in [1.82, 2.24) is 14.7 Å². The zero-order chi connectivity index (χ0) is 15.3. The minimum absolute atomic E-state index is 0.0714. The first-order valence-corrected chi connectivity index (χ1v) is 6.72. The molecule has 0 saturated heterocycles. The molecule has 1 aliphatic rings. The molecule has 2 aromatic rings. The number of amides is 2. The van der Waals surface area contributed by atoms with Crippen LogP contribution in [0.1, 0.15) is 32.1 Å². The summed E-state index contributed by atoms with van der Waals surface area (Å²) < 4.78 is 1.57. The Morgan fingerprint density at radius 2 is 2.00 bits per heavy atom. The monoisotopic (exact) mass is 304 g/mol. The average Bonchev–Trinajstić information content (AvgIpc) is 2.82. The Morgan fingerprint density at radius 3 is 2.57 bits per heavy atom. The molecule has 6 nitrogen and oxygen atoms in total. The molecule has 2 N–H and O–H groups in total. The van der Waals surface area contributed by atoms with Crippen LogP contribution in [0, 0.1) is 6.92 Å². The van der Waals surface area contributed by atoms with Gasteiger partial charge in [-0.1, -0.05) is 17.7 Å². The lowest BCUT2D eigenvalue weighted by Crippen LogP contribution is -2.30. The van der Waals surface area contributed by atoms with Crippen LogP contribution in [-0.4, -0.2) is 26.5 Å². The van der Waals surface area contributed by atoms with Gasteiger partial charge < -0.3 is 5.73 Å². The first kappa shape index (κ1) is 13.6. The fraction of sp³-hybridized carbons (Fsp3) is 0.214. The standard InChI is InChI=1S/C14H13ClN4O2/c1-7-12(15)10(18(2)17-7)6-19-13(20)8-4-3-5-9(16)11(8)14(19)21/h3-5H,6,16H2,1-2H3. The van der Waals surface area contributed by atoms with Crippen molar-refractivity contribution in [3.8, 4) is 0 Å². The number of hydrogen-bond donors (Lipinski definition) is 1. The predicted molar refractivity (Wildman–Crippen MR) is 78.0 cm³/mol. The van der Waals surface area contributed by atoms with Crippen LogP contribution >= 0.6 is 11.6 Å². The van der Waals surface area contributed by atoms with Crippen LogP contribution in [0.3, 0.4) is 0 Å². The van der Waals surface area contributed by atoms with Gasteiger partial charge in [-0.15, -0.1) is 0 Å². The molecule has 108 valence electrons. The minimum Gasteiger partial charge on any atom is -0.398 e. The molecule has 1 aromatic carbocycles. The summed E-state index contributed by atoms with van der Waals surface area (Å²) in [5.41, 5.74) is 7.97. The summed E-state index contributed by atoms with van der Waals surface area (Å²) in [5, 5.41) is 4.64. The fourth-order valence-electron chi connectivity index (χ4n) is 2.50. The third-order valence-corrected chi connectivity index (χ3v) is 4.09. The van der Waals surface area contributed by atoms with Crippen LogP contribution in [0.2, 0.25) is 5.02 Å². The van der Waals surface area contributed by atoms with E-state index in [1.54, 1.807) is 36.9 Å². The average molecular weight is 305 g/mol. The number of nitrogens with two attached hydrogens (primary N) is 1. The van der Waals surface area contributed by atoms with Crippen LogP contribution in [0.5, 0.6) is 0 Å². The van der Waals surface area contributed by atoms with Crippen molar-refractivity contribution in [3.63, 3.8) is 0 Å². The summed E-state index contributed by atoms with van der Waals surface area (Å²) in [5.74, 6) is -0.764. The third kappa shape index (κ3) is 1.91. The molecule has 1 aromatic heterocycles. The van der Waals surface area contributed by atoms with Gasteiger partial charge in [-0.3, -0.25) is 19.2 Å². The zero-order valence-electron chi connectivity index (χ0n) is 11.6. The van der Waals surface area contributed by atoms with Crippen molar-refractivity contribution in [1.29, 1.82) is 0 Å². The number of carbonyl (C=O) groups is 2. The molecule has 0 atom stereocenters. The van der Waals surface area contributed by atoms with Crippen LogP contribution in [0.25, 0.3) is 0 Å². The Bertz CT molecular complexity index is 782. The topological polar surface area (TPSA) is 81.2 Å². The van der Waals surface area contributed by atoms with E-state index in [1.807, 2.05) is 0 Å². The van der Waals surface area contributed by atoms with E-state index in [4.69, 9.17) is 17.3 Å². The number of aryl methyl sites for hydroxylation is 2. The number of hydrogen-bond acceptors (Lipinski definition) is 4. The SMILES string of the molecule is Cc1nn(C)c(CN2C(=O)c3cccc(N)c3C2=O)c1Cl. The molecule has 21 heavy (non-hydrogen) atoms. The lowest BCUT2D eigenvalue weighted by atomic mass is 10.1. The lowest BCUT2D eigenvalue weighted by Gasteiger charge is -2.14. The molecule has 7 heteroatoms. The van der Waals surface area contributed by atoms with E-state index < -0.39 is 5.91 Å². The zero-order valence-corrected chi connectivity index (χ0v) is 12.3. The van der Waals surface area contributed by atoms with Gasteiger partial charge in [-0.2, -0.15) is 5.10 Å².